The summed E-state index contributed by atoms with van der Waals surface area (Å²) in [5, 5.41) is 2.94. The van der Waals surface area contributed by atoms with Crippen molar-refractivity contribution >= 4 is 27.5 Å². The van der Waals surface area contributed by atoms with Gasteiger partial charge in [-0.2, -0.15) is 0 Å². The summed E-state index contributed by atoms with van der Waals surface area (Å²) in [5.41, 5.74) is 2.87. The van der Waals surface area contributed by atoms with Crippen LogP contribution in [0.2, 0.25) is 0 Å². The predicted molar refractivity (Wildman–Crippen MR) is 161 cm³/mol. The third-order valence-electron chi connectivity index (χ3n) is 6.67. The first-order chi connectivity index (χ1) is 19.1. The highest BCUT2D eigenvalue weighted by atomic mass is 32.2. The van der Waals surface area contributed by atoms with Crippen molar-refractivity contribution in [2.75, 3.05) is 10.8 Å². The van der Waals surface area contributed by atoms with Gasteiger partial charge in [0.2, 0.25) is 11.8 Å². The molecule has 0 spiro atoms. The van der Waals surface area contributed by atoms with E-state index >= 15 is 0 Å². The van der Waals surface area contributed by atoms with Crippen LogP contribution in [0.1, 0.15) is 56.4 Å². The van der Waals surface area contributed by atoms with Crippen molar-refractivity contribution in [3.8, 4) is 0 Å². The molecule has 1 atom stereocenters. The minimum absolute atomic E-state index is 0.000399. The van der Waals surface area contributed by atoms with Crippen LogP contribution in [-0.4, -0.2) is 43.3 Å². The second-order valence-corrected chi connectivity index (χ2v) is 13.3. The lowest BCUT2D eigenvalue weighted by Crippen LogP contribution is -2.55. The van der Waals surface area contributed by atoms with Gasteiger partial charge in [-0.3, -0.25) is 13.9 Å². The predicted octanol–water partition coefficient (Wildman–Crippen LogP) is 5.67. The number of sulfonamides is 1. The summed E-state index contributed by atoms with van der Waals surface area (Å²) >= 11 is 0. The van der Waals surface area contributed by atoms with Crippen molar-refractivity contribution in [2.24, 2.45) is 0 Å². The topological polar surface area (TPSA) is 86.8 Å². The minimum Gasteiger partial charge on any atom is -0.350 e. The highest BCUT2D eigenvalue weighted by Crippen LogP contribution is 2.29. The number of amides is 2. The van der Waals surface area contributed by atoms with Gasteiger partial charge in [0.1, 0.15) is 18.4 Å². The molecule has 0 saturated heterocycles. The first-order valence-electron chi connectivity index (χ1n) is 13.6. The number of hydrogen-bond acceptors (Lipinski definition) is 4. The molecule has 0 fully saturated rings. The van der Waals surface area contributed by atoms with Crippen molar-refractivity contribution in [1.82, 2.24) is 10.2 Å². The van der Waals surface area contributed by atoms with Gasteiger partial charge in [-0.05, 0) is 95.0 Å². The maximum Gasteiger partial charge on any atom is 0.264 e. The average Bonchev–Trinajstić information content (AvgIpc) is 2.89. The Bertz CT molecular complexity index is 1480. The number of halogens is 1. The maximum atomic E-state index is 14.2. The molecule has 3 rings (SSSR count). The van der Waals surface area contributed by atoms with Crippen molar-refractivity contribution < 1.29 is 22.4 Å². The zero-order chi connectivity index (χ0) is 30.5. The Labute approximate surface area is 243 Å². The molecule has 0 radical (unpaired) electrons. The standard InChI is InChI=1S/C32H40FN3O4S/c1-8-28(31(38)34-32(5,6)7)35(20-25-13-15-26(33)16-14-25)30(37)21-36(29-19-23(3)9-12-24(29)4)41(39,40)27-17-10-22(2)11-18-27/h9-19,28H,8,20-21H2,1-7H3,(H,34,38)/t28-/m0/s1. The monoisotopic (exact) mass is 581 g/mol. The molecule has 0 bridgehead atoms. The van der Waals surface area contributed by atoms with E-state index in [2.05, 4.69) is 5.32 Å². The first-order valence-corrected chi connectivity index (χ1v) is 15.1. The Morgan fingerprint density at radius 1 is 0.902 bits per heavy atom. The maximum absolute atomic E-state index is 14.2. The minimum atomic E-state index is -4.16. The fourth-order valence-electron chi connectivity index (χ4n) is 4.50. The summed E-state index contributed by atoms with van der Waals surface area (Å²) in [6, 6.07) is 16.7. The molecular formula is C32H40FN3O4S. The van der Waals surface area contributed by atoms with Gasteiger partial charge in [0.25, 0.3) is 10.0 Å². The number of rotatable bonds is 10. The van der Waals surface area contributed by atoms with Crippen molar-refractivity contribution in [2.45, 2.75) is 77.9 Å². The van der Waals surface area contributed by atoms with E-state index in [9.17, 15) is 22.4 Å². The van der Waals surface area contributed by atoms with Crippen molar-refractivity contribution in [1.29, 1.82) is 0 Å². The van der Waals surface area contributed by atoms with E-state index in [0.717, 1.165) is 15.4 Å². The summed E-state index contributed by atoms with van der Waals surface area (Å²) in [6.07, 6.45) is 0.295. The Balaban J connectivity index is 2.11. The first kappa shape index (κ1) is 31.8. The highest BCUT2D eigenvalue weighted by Gasteiger charge is 2.35. The van der Waals surface area contributed by atoms with Gasteiger partial charge in [-0.1, -0.05) is 48.9 Å². The van der Waals surface area contributed by atoms with Crippen molar-refractivity contribution in [3.05, 3.63) is 94.8 Å². The van der Waals surface area contributed by atoms with Gasteiger partial charge < -0.3 is 10.2 Å². The number of aryl methyl sites for hydroxylation is 3. The number of carbonyl (C=O) groups excluding carboxylic acids is 2. The van der Waals surface area contributed by atoms with E-state index in [-0.39, 0.29) is 17.3 Å². The summed E-state index contributed by atoms with van der Waals surface area (Å²) in [4.78, 5) is 29.0. The van der Waals surface area contributed by atoms with E-state index < -0.39 is 39.9 Å². The third-order valence-corrected chi connectivity index (χ3v) is 8.45. The normalized spacial score (nSPS) is 12.5. The van der Waals surface area contributed by atoms with Crippen molar-refractivity contribution in [3.63, 3.8) is 0 Å². The van der Waals surface area contributed by atoms with Gasteiger partial charge >= 0.3 is 0 Å². The van der Waals surface area contributed by atoms with E-state index in [1.165, 1.54) is 29.2 Å². The molecule has 0 saturated carbocycles. The van der Waals surface area contributed by atoms with Gasteiger partial charge in [0.15, 0.2) is 0 Å². The molecule has 3 aromatic carbocycles. The molecule has 220 valence electrons. The molecule has 0 aliphatic rings. The lowest BCUT2D eigenvalue weighted by Gasteiger charge is -2.35. The van der Waals surface area contributed by atoms with E-state index in [1.54, 1.807) is 44.2 Å². The van der Waals surface area contributed by atoms with Gasteiger partial charge in [0, 0.05) is 12.1 Å². The van der Waals surface area contributed by atoms with Crippen LogP contribution >= 0.6 is 0 Å². The molecule has 0 aromatic heterocycles. The van der Waals surface area contributed by atoms with Gasteiger partial charge in [0.05, 0.1) is 10.6 Å². The van der Waals surface area contributed by atoms with Gasteiger partial charge in [-0.25, -0.2) is 12.8 Å². The number of hydrogen-bond donors (Lipinski definition) is 1. The zero-order valence-electron chi connectivity index (χ0n) is 24.9. The number of nitrogens with zero attached hydrogens (tertiary/aromatic N) is 2. The Hall–Kier alpha value is -3.72. The van der Waals surface area contributed by atoms with Crippen LogP contribution in [0.3, 0.4) is 0 Å². The Morgan fingerprint density at radius 2 is 1.49 bits per heavy atom. The van der Waals surface area contributed by atoms with Crippen LogP contribution in [0.4, 0.5) is 10.1 Å². The largest absolute Gasteiger partial charge is 0.350 e. The van der Waals surface area contributed by atoms with E-state index in [1.807, 2.05) is 46.8 Å². The van der Waals surface area contributed by atoms with Crippen LogP contribution in [-0.2, 0) is 26.2 Å². The quantitative estimate of drug-likeness (QED) is 0.334. The summed E-state index contributed by atoms with van der Waals surface area (Å²) < 4.78 is 42.9. The molecule has 0 unspecified atom stereocenters. The highest BCUT2D eigenvalue weighted by molar-refractivity contribution is 7.92. The fourth-order valence-corrected chi connectivity index (χ4v) is 5.97. The second-order valence-electron chi connectivity index (χ2n) is 11.4. The lowest BCUT2D eigenvalue weighted by atomic mass is 10.1. The zero-order valence-corrected chi connectivity index (χ0v) is 25.7. The summed E-state index contributed by atoms with van der Waals surface area (Å²) in [7, 11) is -4.16. The van der Waals surface area contributed by atoms with Crippen LogP contribution in [0.25, 0.3) is 0 Å². The molecule has 41 heavy (non-hydrogen) atoms. The molecule has 9 heteroatoms. The van der Waals surface area contributed by atoms with Gasteiger partial charge in [-0.15, -0.1) is 0 Å². The fraction of sp³-hybridized carbons (Fsp3) is 0.375. The smallest absolute Gasteiger partial charge is 0.264 e. The molecule has 2 amide bonds. The Morgan fingerprint density at radius 3 is 2.05 bits per heavy atom. The molecule has 0 aliphatic carbocycles. The molecule has 7 nitrogen and oxygen atoms in total. The number of benzene rings is 3. The second kappa shape index (κ2) is 12.9. The summed E-state index contributed by atoms with van der Waals surface area (Å²) in [5.74, 6) is -1.33. The molecule has 3 aromatic rings. The van der Waals surface area contributed by atoms with E-state index in [0.29, 0.717) is 23.2 Å². The molecule has 1 N–H and O–H groups in total. The van der Waals surface area contributed by atoms with Crippen LogP contribution in [0, 0.1) is 26.6 Å². The number of nitrogens with one attached hydrogen (secondary N) is 1. The van der Waals surface area contributed by atoms with Crippen LogP contribution in [0.5, 0.6) is 0 Å². The lowest BCUT2D eigenvalue weighted by molar-refractivity contribution is -0.141. The molecular weight excluding hydrogens is 541 g/mol. The number of carbonyl (C=O) groups is 2. The molecule has 0 aliphatic heterocycles. The van der Waals surface area contributed by atoms with Crippen LogP contribution in [0.15, 0.2) is 71.6 Å². The third kappa shape index (κ3) is 8.16. The van der Waals surface area contributed by atoms with Crippen LogP contribution < -0.4 is 9.62 Å². The molecule has 0 heterocycles. The average molecular weight is 582 g/mol. The SMILES string of the molecule is CC[C@@H](C(=O)NC(C)(C)C)N(Cc1ccc(F)cc1)C(=O)CN(c1cc(C)ccc1C)S(=O)(=O)c1ccc(C)cc1. The summed E-state index contributed by atoms with van der Waals surface area (Å²) in [6.45, 7) is 12.3. The Kier molecular flexibility index (Phi) is 9.97. The number of anilines is 1. The van der Waals surface area contributed by atoms with E-state index in [4.69, 9.17) is 0 Å².